The van der Waals surface area contributed by atoms with Crippen LogP contribution in [0.3, 0.4) is 0 Å². The van der Waals surface area contributed by atoms with E-state index in [-0.39, 0.29) is 23.8 Å². The van der Waals surface area contributed by atoms with Crippen LogP contribution in [0.1, 0.15) is 37.4 Å². The molecule has 106 valence electrons. The average molecular weight is 275 g/mol. The fourth-order valence-corrected chi connectivity index (χ4v) is 3.20. The summed E-state index contributed by atoms with van der Waals surface area (Å²) in [6.45, 7) is 0.309. The van der Waals surface area contributed by atoms with Crippen molar-refractivity contribution in [3.05, 3.63) is 39.9 Å². The van der Waals surface area contributed by atoms with Crippen molar-refractivity contribution in [1.29, 1.82) is 0 Å². The molecule has 1 saturated carbocycles. The predicted octanol–water partition coefficient (Wildman–Crippen LogP) is 1.97. The Morgan fingerprint density at radius 1 is 1.30 bits per heavy atom. The summed E-state index contributed by atoms with van der Waals surface area (Å²) in [6.07, 6.45) is 4.12. The molecule has 1 N–H and O–H groups in total. The number of carbonyl (C=O) groups is 1. The van der Waals surface area contributed by atoms with Crippen molar-refractivity contribution in [3.63, 3.8) is 0 Å². The fourth-order valence-electron chi connectivity index (χ4n) is 3.20. The summed E-state index contributed by atoms with van der Waals surface area (Å²) in [4.78, 5) is 24.4. The third-order valence-corrected chi connectivity index (χ3v) is 4.13. The summed E-state index contributed by atoms with van der Waals surface area (Å²) in [7, 11) is 0. The van der Waals surface area contributed by atoms with Gasteiger partial charge in [-0.3, -0.25) is 20.2 Å². The van der Waals surface area contributed by atoms with Crippen LogP contribution in [0.15, 0.2) is 24.3 Å². The molecule has 1 aromatic carbocycles. The number of hydrogen-bond acceptors (Lipinski definition) is 4. The van der Waals surface area contributed by atoms with Gasteiger partial charge in [-0.1, -0.05) is 25.0 Å². The van der Waals surface area contributed by atoms with Crippen LogP contribution in [-0.4, -0.2) is 28.3 Å². The SMILES string of the molecule is O=C1CNC(c2cccc([N+](=O)[O-])c2)N1C1CCCC1. The first kappa shape index (κ1) is 13.1. The highest BCUT2D eigenvalue weighted by Crippen LogP contribution is 2.33. The van der Waals surface area contributed by atoms with Gasteiger partial charge in [-0.2, -0.15) is 0 Å². The van der Waals surface area contributed by atoms with Crippen LogP contribution in [0.4, 0.5) is 5.69 Å². The molecule has 0 aromatic heterocycles. The maximum absolute atomic E-state index is 12.1. The van der Waals surface area contributed by atoms with E-state index in [1.807, 2.05) is 11.0 Å². The van der Waals surface area contributed by atoms with Gasteiger partial charge in [-0.05, 0) is 18.4 Å². The number of hydrogen-bond donors (Lipinski definition) is 1. The van der Waals surface area contributed by atoms with Crippen LogP contribution in [0.25, 0.3) is 0 Å². The Bertz CT molecular complexity index is 540. The normalized spacial score (nSPS) is 23.5. The van der Waals surface area contributed by atoms with Gasteiger partial charge in [0.15, 0.2) is 0 Å². The molecule has 0 bridgehead atoms. The highest BCUT2D eigenvalue weighted by atomic mass is 16.6. The zero-order valence-electron chi connectivity index (χ0n) is 11.1. The lowest BCUT2D eigenvalue weighted by Crippen LogP contribution is -2.38. The molecular formula is C14H17N3O3. The van der Waals surface area contributed by atoms with E-state index in [1.165, 1.54) is 6.07 Å². The summed E-state index contributed by atoms with van der Waals surface area (Å²) in [5.74, 6) is 0.0911. The molecule has 1 aromatic rings. The number of benzene rings is 1. The van der Waals surface area contributed by atoms with E-state index >= 15 is 0 Å². The van der Waals surface area contributed by atoms with E-state index in [0.29, 0.717) is 6.54 Å². The van der Waals surface area contributed by atoms with Crippen LogP contribution in [0.2, 0.25) is 0 Å². The molecule has 1 saturated heterocycles. The van der Waals surface area contributed by atoms with Gasteiger partial charge in [-0.15, -0.1) is 0 Å². The number of amides is 1. The summed E-state index contributed by atoms with van der Waals surface area (Å²) >= 11 is 0. The highest BCUT2D eigenvalue weighted by molar-refractivity contribution is 5.81. The Morgan fingerprint density at radius 3 is 2.75 bits per heavy atom. The lowest BCUT2D eigenvalue weighted by Gasteiger charge is -2.30. The molecule has 2 fully saturated rings. The molecule has 6 nitrogen and oxygen atoms in total. The Labute approximate surface area is 116 Å². The zero-order chi connectivity index (χ0) is 14.1. The van der Waals surface area contributed by atoms with Crippen molar-refractivity contribution in [2.45, 2.75) is 37.9 Å². The average Bonchev–Trinajstić information content (AvgIpc) is 3.07. The molecule has 20 heavy (non-hydrogen) atoms. The van der Waals surface area contributed by atoms with Gasteiger partial charge in [0, 0.05) is 18.2 Å². The van der Waals surface area contributed by atoms with Gasteiger partial charge in [0.2, 0.25) is 5.91 Å². The number of carbonyl (C=O) groups excluding carboxylic acids is 1. The van der Waals surface area contributed by atoms with E-state index < -0.39 is 4.92 Å². The molecule has 1 unspecified atom stereocenters. The molecular weight excluding hydrogens is 258 g/mol. The van der Waals surface area contributed by atoms with Crippen LogP contribution in [-0.2, 0) is 4.79 Å². The smallest absolute Gasteiger partial charge is 0.269 e. The second-order valence-corrected chi connectivity index (χ2v) is 5.37. The highest BCUT2D eigenvalue weighted by Gasteiger charge is 2.38. The third kappa shape index (κ3) is 2.27. The minimum Gasteiger partial charge on any atom is -0.319 e. The van der Waals surface area contributed by atoms with Gasteiger partial charge in [-0.25, -0.2) is 0 Å². The monoisotopic (exact) mass is 275 g/mol. The molecule has 0 spiro atoms. The molecule has 0 radical (unpaired) electrons. The Hall–Kier alpha value is -1.95. The lowest BCUT2D eigenvalue weighted by molar-refractivity contribution is -0.385. The zero-order valence-corrected chi connectivity index (χ0v) is 11.1. The van der Waals surface area contributed by atoms with Crippen molar-refractivity contribution in [2.24, 2.45) is 0 Å². The second kappa shape index (κ2) is 5.20. The van der Waals surface area contributed by atoms with E-state index in [9.17, 15) is 14.9 Å². The summed E-state index contributed by atoms with van der Waals surface area (Å²) in [6, 6.07) is 6.80. The molecule has 1 aliphatic carbocycles. The molecule has 6 heteroatoms. The van der Waals surface area contributed by atoms with Crippen molar-refractivity contribution >= 4 is 11.6 Å². The first-order valence-corrected chi connectivity index (χ1v) is 6.96. The topological polar surface area (TPSA) is 75.5 Å². The first-order chi connectivity index (χ1) is 9.66. The number of nitro groups is 1. The van der Waals surface area contributed by atoms with Gasteiger partial charge in [0.05, 0.1) is 11.5 Å². The molecule has 1 amide bonds. The van der Waals surface area contributed by atoms with Gasteiger partial charge in [0.1, 0.15) is 6.17 Å². The Kier molecular flexibility index (Phi) is 3.40. The van der Waals surface area contributed by atoms with E-state index in [1.54, 1.807) is 12.1 Å². The summed E-state index contributed by atoms with van der Waals surface area (Å²) in [5, 5.41) is 14.0. The summed E-state index contributed by atoms with van der Waals surface area (Å²) < 4.78 is 0. The number of nitrogens with one attached hydrogen (secondary N) is 1. The molecule has 2 aliphatic rings. The number of nitro benzene ring substituents is 1. The Morgan fingerprint density at radius 2 is 2.05 bits per heavy atom. The van der Waals surface area contributed by atoms with Crippen LogP contribution >= 0.6 is 0 Å². The van der Waals surface area contributed by atoms with E-state index in [4.69, 9.17) is 0 Å². The maximum atomic E-state index is 12.1. The van der Waals surface area contributed by atoms with Crippen molar-refractivity contribution in [2.75, 3.05) is 6.54 Å². The molecule has 1 heterocycles. The maximum Gasteiger partial charge on any atom is 0.269 e. The number of nitrogens with zero attached hydrogens (tertiary/aromatic N) is 2. The van der Waals surface area contributed by atoms with Crippen LogP contribution in [0, 0.1) is 10.1 Å². The predicted molar refractivity (Wildman–Crippen MR) is 72.9 cm³/mol. The minimum atomic E-state index is -0.403. The fraction of sp³-hybridized carbons (Fsp3) is 0.500. The van der Waals surface area contributed by atoms with Gasteiger partial charge in [0.25, 0.3) is 5.69 Å². The van der Waals surface area contributed by atoms with Crippen molar-refractivity contribution in [3.8, 4) is 0 Å². The van der Waals surface area contributed by atoms with Crippen LogP contribution < -0.4 is 5.32 Å². The largest absolute Gasteiger partial charge is 0.319 e. The Balaban J connectivity index is 1.89. The second-order valence-electron chi connectivity index (χ2n) is 5.37. The van der Waals surface area contributed by atoms with Crippen LogP contribution in [0.5, 0.6) is 0 Å². The molecule has 3 rings (SSSR count). The van der Waals surface area contributed by atoms with Crippen molar-refractivity contribution < 1.29 is 9.72 Å². The summed E-state index contributed by atoms with van der Waals surface area (Å²) in [5.41, 5.74) is 0.854. The van der Waals surface area contributed by atoms with E-state index in [2.05, 4.69) is 5.32 Å². The quantitative estimate of drug-likeness (QED) is 0.676. The minimum absolute atomic E-state index is 0.0648. The molecule has 1 aliphatic heterocycles. The first-order valence-electron chi connectivity index (χ1n) is 6.96. The number of non-ortho nitro benzene ring substituents is 1. The number of rotatable bonds is 3. The van der Waals surface area contributed by atoms with Crippen molar-refractivity contribution in [1.82, 2.24) is 10.2 Å². The lowest BCUT2D eigenvalue weighted by atomic mass is 10.1. The van der Waals surface area contributed by atoms with Gasteiger partial charge >= 0.3 is 0 Å². The molecule has 1 atom stereocenters. The van der Waals surface area contributed by atoms with Gasteiger partial charge < -0.3 is 4.90 Å². The standard InChI is InChI=1S/C14H17N3O3/c18-13-9-15-14(16(13)11-5-1-2-6-11)10-4-3-7-12(8-10)17(19)20/h3-4,7-8,11,14-15H,1-2,5-6,9H2. The third-order valence-electron chi connectivity index (χ3n) is 4.13. The van der Waals surface area contributed by atoms with E-state index in [0.717, 1.165) is 31.2 Å².